The fraction of sp³-hybridized carbons (Fsp3) is 0.257. The van der Waals surface area contributed by atoms with Gasteiger partial charge in [0.2, 0.25) is 0 Å². The van der Waals surface area contributed by atoms with Gasteiger partial charge >= 0.3 is 0 Å². The van der Waals surface area contributed by atoms with Crippen molar-refractivity contribution in [3.05, 3.63) is 137 Å². The molecular weight excluding hydrogens is 491 g/mol. The largest absolute Gasteiger partial charge is 0.264 e. The minimum absolute atomic E-state index is 0.0141. The first kappa shape index (κ1) is 26.4. The van der Waals surface area contributed by atoms with E-state index in [1.165, 1.54) is 33.0 Å². The number of fused-ring (bicyclic) bond motifs is 1. The summed E-state index contributed by atoms with van der Waals surface area (Å²) in [6, 6.07) is 40.2. The van der Waals surface area contributed by atoms with Crippen molar-refractivity contribution in [1.82, 2.24) is 4.90 Å². The van der Waals surface area contributed by atoms with Crippen molar-refractivity contribution in [2.75, 3.05) is 0 Å². The van der Waals surface area contributed by atoms with E-state index in [2.05, 4.69) is 165 Å². The van der Waals surface area contributed by atoms with Gasteiger partial charge in [-0.2, -0.15) is 0 Å². The van der Waals surface area contributed by atoms with Gasteiger partial charge in [0.25, 0.3) is 0 Å². The molecule has 0 amide bonds. The van der Waals surface area contributed by atoms with Crippen LogP contribution in [0.2, 0.25) is 39.3 Å². The van der Waals surface area contributed by atoms with E-state index in [1.807, 2.05) is 0 Å². The van der Waals surface area contributed by atoms with Gasteiger partial charge in [0.1, 0.15) is 8.07 Å². The monoisotopic (exact) mass is 529 g/mol. The molecule has 0 aromatic heterocycles. The maximum Gasteiger partial charge on any atom is 0.129 e. The van der Waals surface area contributed by atoms with Crippen LogP contribution in [0.25, 0.3) is 0 Å². The molecule has 0 bridgehead atoms. The highest BCUT2D eigenvalue weighted by atomic mass is 28.3. The van der Waals surface area contributed by atoms with Crippen molar-refractivity contribution in [2.45, 2.75) is 57.4 Å². The second kappa shape index (κ2) is 10.2. The summed E-state index contributed by atoms with van der Waals surface area (Å²) < 4.78 is 0. The molecule has 1 aliphatic heterocycles. The van der Waals surface area contributed by atoms with Crippen LogP contribution < -0.4 is 5.19 Å². The molecule has 1 unspecified atom stereocenters. The topological polar surface area (TPSA) is 3.24 Å². The average Bonchev–Trinajstić information content (AvgIpc) is 3.28. The van der Waals surface area contributed by atoms with Crippen molar-refractivity contribution in [3.63, 3.8) is 0 Å². The minimum atomic E-state index is -1.62. The van der Waals surface area contributed by atoms with E-state index in [-0.39, 0.29) is 6.04 Å². The Morgan fingerprint density at radius 3 is 1.53 bits per heavy atom. The van der Waals surface area contributed by atoms with Crippen molar-refractivity contribution in [2.24, 2.45) is 0 Å². The summed E-state index contributed by atoms with van der Waals surface area (Å²) in [5, 5.41) is 1.54. The molecule has 0 aliphatic carbocycles. The number of benzene rings is 4. The molecule has 192 valence electrons. The third-order valence-corrected chi connectivity index (χ3v) is 10.5. The predicted octanol–water partition coefficient (Wildman–Crippen LogP) is 7.96. The van der Waals surface area contributed by atoms with Crippen LogP contribution >= 0.6 is 0 Å². The van der Waals surface area contributed by atoms with Crippen molar-refractivity contribution < 1.29 is 0 Å². The Labute approximate surface area is 231 Å². The zero-order valence-electron chi connectivity index (χ0n) is 23.6. The molecule has 0 saturated heterocycles. The van der Waals surface area contributed by atoms with Gasteiger partial charge < -0.3 is 0 Å². The Kier molecular flexibility index (Phi) is 7.09. The van der Waals surface area contributed by atoms with Gasteiger partial charge in [-0.25, -0.2) is 0 Å². The SMILES string of the molecule is C[Si](C)(C)C#CC1c2c(cccc2[Si](C)(C)C)CN1C(c1ccccc1)(c1ccccc1)c1ccccc1. The van der Waals surface area contributed by atoms with E-state index >= 15 is 0 Å². The average molecular weight is 530 g/mol. The Hall–Kier alpha value is -3.17. The quantitative estimate of drug-likeness (QED) is 0.144. The zero-order chi connectivity index (χ0) is 27.0. The lowest BCUT2D eigenvalue weighted by Gasteiger charge is -2.46. The third kappa shape index (κ3) is 4.85. The van der Waals surface area contributed by atoms with E-state index < -0.39 is 21.7 Å². The molecule has 0 radical (unpaired) electrons. The van der Waals surface area contributed by atoms with Gasteiger partial charge in [-0.1, -0.05) is 160 Å². The predicted molar refractivity (Wildman–Crippen MR) is 168 cm³/mol. The van der Waals surface area contributed by atoms with Crippen LogP contribution in [0.15, 0.2) is 109 Å². The summed E-state index contributed by atoms with van der Waals surface area (Å²) in [4.78, 5) is 2.70. The van der Waals surface area contributed by atoms with Crippen LogP contribution in [0.3, 0.4) is 0 Å². The first-order valence-corrected chi connectivity index (χ1v) is 20.7. The molecule has 1 heterocycles. The molecule has 4 aromatic rings. The fourth-order valence-electron chi connectivity index (χ4n) is 5.94. The molecule has 3 heteroatoms. The van der Waals surface area contributed by atoms with Gasteiger partial charge in [-0.3, -0.25) is 4.90 Å². The molecule has 1 nitrogen and oxygen atoms in total. The number of hydrogen-bond acceptors (Lipinski definition) is 1. The number of nitrogens with zero attached hydrogens (tertiary/aromatic N) is 1. The van der Waals surface area contributed by atoms with Gasteiger partial charge in [0, 0.05) is 6.54 Å². The Morgan fingerprint density at radius 2 is 1.11 bits per heavy atom. The number of hydrogen-bond donors (Lipinski definition) is 0. The van der Waals surface area contributed by atoms with Crippen molar-refractivity contribution in [3.8, 4) is 11.5 Å². The maximum absolute atomic E-state index is 3.91. The third-order valence-electron chi connectivity index (χ3n) is 7.52. The molecule has 0 fully saturated rings. The summed E-state index contributed by atoms with van der Waals surface area (Å²) in [5.74, 6) is 3.91. The lowest BCUT2D eigenvalue weighted by molar-refractivity contribution is 0.137. The molecule has 4 aromatic carbocycles. The van der Waals surface area contributed by atoms with Crippen molar-refractivity contribution >= 4 is 21.3 Å². The molecule has 0 N–H and O–H groups in total. The van der Waals surface area contributed by atoms with E-state index in [1.54, 1.807) is 0 Å². The highest BCUT2D eigenvalue weighted by molar-refractivity contribution is 6.89. The van der Waals surface area contributed by atoms with Crippen LogP contribution in [-0.2, 0) is 12.1 Å². The van der Waals surface area contributed by atoms with Crippen LogP contribution in [0.1, 0.15) is 33.9 Å². The Bertz CT molecular complexity index is 1360. The molecule has 1 aliphatic rings. The fourth-order valence-corrected chi connectivity index (χ4v) is 8.21. The highest BCUT2D eigenvalue weighted by Crippen LogP contribution is 2.50. The summed E-state index contributed by atoms with van der Waals surface area (Å²) in [7, 11) is -3.23. The second-order valence-corrected chi connectivity index (χ2v) is 22.3. The van der Waals surface area contributed by atoms with Crippen LogP contribution in [0, 0.1) is 11.5 Å². The highest BCUT2D eigenvalue weighted by Gasteiger charge is 2.49. The molecule has 38 heavy (non-hydrogen) atoms. The molecule has 1 atom stereocenters. The Morgan fingerprint density at radius 1 is 0.632 bits per heavy atom. The van der Waals surface area contributed by atoms with E-state index in [9.17, 15) is 0 Å². The van der Waals surface area contributed by atoms with Gasteiger partial charge in [0.05, 0.1) is 19.7 Å². The molecule has 0 spiro atoms. The molecule has 0 saturated carbocycles. The van der Waals surface area contributed by atoms with Crippen LogP contribution in [-0.4, -0.2) is 21.0 Å². The summed E-state index contributed by atoms with van der Waals surface area (Å²) in [6.07, 6.45) is 0. The van der Waals surface area contributed by atoms with Gasteiger partial charge in [-0.15, -0.1) is 5.54 Å². The van der Waals surface area contributed by atoms with Gasteiger partial charge in [-0.05, 0) is 27.8 Å². The first-order chi connectivity index (χ1) is 18.1. The normalized spacial score (nSPS) is 16.0. The minimum Gasteiger partial charge on any atom is -0.264 e. The number of rotatable bonds is 5. The summed E-state index contributed by atoms with van der Waals surface area (Å²) >= 11 is 0. The van der Waals surface area contributed by atoms with Crippen molar-refractivity contribution in [1.29, 1.82) is 0 Å². The van der Waals surface area contributed by atoms with E-state index in [0.29, 0.717) is 0 Å². The standard InChI is InChI=1S/C35H39NSi2/c1-37(2,3)26-25-32-34-28(17-16-24-33(34)38(4,5)6)27-36(32)35(29-18-10-7-11-19-29,30-20-12-8-13-21-30)31-22-14-9-15-23-31/h7-24,32H,27H2,1-6H3. The van der Waals surface area contributed by atoms with Crippen LogP contribution in [0.4, 0.5) is 0 Å². The Balaban J connectivity index is 1.88. The lowest BCUT2D eigenvalue weighted by atomic mass is 9.75. The van der Waals surface area contributed by atoms with E-state index in [0.717, 1.165) is 6.54 Å². The second-order valence-electron chi connectivity index (χ2n) is 12.5. The lowest BCUT2D eigenvalue weighted by Crippen LogP contribution is -2.48. The van der Waals surface area contributed by atoms with E-state index in [4.69, 9.17) is 0 Å². The maximum atomic E-state index is 3.91. The van der Waals surface area contributed by atoms with Crippen LogP contribution in [0.5, 0.6) is 0 Å². The van der Waals surface area contributed by atoms with Gasteiger partial charge in [0.15, 0.2) is 0 Å². The first-order valence-electron chi connectivity index (χ1n) is 13.7. The smallest absolute Gasteiger partial charge is 0.129 e. The summed E-state index contributed by atoms with van der Waals surface area (Å²) in [5.41, 5.74) is 10.0. The molecule has 5 rings (SSSR count). The molecular formula is C35H39NSi2. The summed E-state index contributed by atoms with van der Waals surface area (Å²) in [6.45, 7) is 15.3. The zero-order valence-corrected chi connectivity index (χ0v) is 25.6.